The highest BCUT2D eigenvalue weighted by molar-refractivity contribution is 5.57. The van der Waals surface area contributed by atoms with Gasteiger partial charge in [0.1, 0.15) is 11.6 Å². The Morgan fingerprint density at radius 1 is 1.33 bits per heavy atom. The summed E-state index contributed by atoms with van der Waals surface area (Å²) in [6, 6.07) is 8.43. The Morgan fingerprint density at radius 3 is 2.67 bits per heavy atom. The molecule has 78 valence electrons. The average Bonchev–Trinajstić information content (AvgIpc) is 2.49. The molecular weight excluding hydrogens is 193 g/mol. The Kier molecular flexibility index (Phi) is 2.41. The maximum Gasteiger partial charge on any atom is 0.146 e. The van der Waals surface area contributed by atoms with E-state index in [1.807, 2.05) is 20.0 Å². The largest absolute Gasteiger partial charge is 0.338 e. The molecule has 0 saturated heterocycles. The fourth-order valence-corrected chi connectivity index (χ4v) is 1.43. The third kappa shape index (κ3) is 1.98. The van der Waals surface area contributed by atoms with Crippen molar-refractivity contribution in [3.63, 3.8) is 0 Å². The highest BCUT2D eigenvalue weighted by Gasteiger charge is 2.04. The van der Waals surface area contributed by atoms with E-state index < -0.39 is 0 Å². The smallest absolute Gasteiger partial charge is 0.146 e. The number of aryl methyl sites for hydroxylation is 2. The lowest BCUT2D eigenvalue weighted by Crippen LogP contribution is -2.00. The van der Waals surface area contributed by atoms with Crippen molar-refractivity contribution in [3.05, 3.63) is 41.8 Å². The zero-order valence-electron chi connectivity index (χ0n) is 8.66. The van der Waals surface area contributed by atoms with Crippen molar-refractivity contribution < 1.29 is 4.39 Å². The second-order valence-corrected chi connectivity index (χ2v) is 3.40. The Labute approximate surface area is 87.5 Å². The summed E-state index contributed by atoms with van der Waals surface area (Å²) in [5.74, 6) is 0.508. The lowest BCUT2D eigenvalue weighted by molar-refractivity contribution is 0.631. The maximum absolute atomic E-state index is 13.3. The van der Waals surface area contributed by atoms with Gasteiger partial charge in [-0.1, -0.05) is 12.1 Å². The standard InChI is InChI=1S/C11H12FN3/c1-8-7-11(15(2)14-8)13-10-6-4-3-5-9(10)12/h3-7,13H,1-2H3. The first-order valence-electron chi connectivity index (χ1n) is 4.69. The molecule has 2 rings (SSSR count). The normalized spacial score (nSPS) is 10.3. The van der Waals surface area contributed by atoms with E-state index in [1.54, 1.807) is 22.9 Å². The second kappa shape index (κ2) is 3.73. The molecule has 0 amide bonds. The van der Waals surface area contributed by atoms with Crippen LogP contribution in [-0.2, 0) is 7.05 Å². The Bertz CT molecular complexity index is 476. The molecule has 4 heteroatoms. The van der Waals surface area contributed by atoms with Crippen LogP contribution in [0.2, 0.25) is 0 Å². The van der Waals surface area contributed by atoms with Gasteiger partial charge in [0.05, 0.1) is 11.4 Å². The van der Waals surface area contributed by atoms with Crippen LogP contribution < -0.4 is 5.32 Å². The topological polar surface area (TPSA) is 29.9 Å². The summed E-state index contributed by atoms with van der Waals surface area (Å²) in [6.45, 7) is 1.90. The van der Waals surface area contributed by atoms with E-state index in [0.29, 0.717) is 5.69 Å². The van der Waals surface area contributed by atoms with Crippen LogP contribution in [0.4, 0.5) is 15.9 Å². The van der Waals surface area contributed by atoms with E-state index in [4.69, 9.17) is 0 Å². The van der Waals surface area contributed by atoms with Crippen LogP contribution in [0.3, 0.4) is 0 Å². The molecule has 0 unspecified atom stereocenters. The van der Waals surface area contributed by atoms with Crippen LogP contribution in [0.25, 0.3) is 0 Å². The number of nitrogens with zero attached hydrogens (tertiary/aromatic N) is 2. The van der Waals surface area contributed by atoms with Gasteiger partial charge in [0.15, 0.2) is 0 Å². The second-order valence-electron chi connectivity index (χ2n) is 3.40. The number of rotatable bonds is 2. The van der Waals surface area contributed by atoms with Gasteiger partial charge >= 0.3 is 0 Å². The molecule has 0 fully saturated rings. The van der Waals surface area contributed by atoms with Crippen LogP contribution in [0.5, 0.6) is 0 Å². The summed E-state index contributed by atoms with van der Waals surface area (Å²) in [6.07, 6.45) is 0. The fourth-order valence-electron chi connectivity index (χ4n) is 1.43. The number of aromatic nitrogens is 2. The van der Waals surface area contributed by atoms with Crippen molar-refractivity contribution >= 4 is 11.5 Å². The highest BCUT2D eigenvalue weighted by atomic mass is 19.1. The predicted octanol–water partition coefficient (Wildman–Crippen LogP) is 2.61. The molecule has 0 radical (unpaired) electrons. The summed E-state index contributed by atoms with van der Waals surface area (Å²) in [4.78, 5) is 0. The van der Waals surface area contributed by atoms with Gasteiger partial charge in [-0.25, -0.2) is 4.39 Å². The van der Waals surface area contributed by atoms with Crippen molar-refractivity contribution in [2.24, 2.45) is 7.05 Å². The first-order chi connectivity index (χ1) is 7.16. The van der Waals surface area contributed by atoms with Gasteiger partial charge in [-0.05, 0) is 19.1 Å². The molecule has 3 nitrogen and oxygen atoms in total. The number of halogens is 1. The van der Waals surface area contributed by atoms with Crippen LogP contribution in [-0.4, -0.2) is 9.78 Å². The number of hydrogen-bond acceptors (Lipinski definition) is 2. The zero-order valence-corrected chi connectivity index (χ0v) is 8.66. The first-order valence-corrected chi connectivity index (χ1v) is 4.69. The van der Waals surface area contributed by atoms with Crippen LogP contribution in [0, 0.1) is 12.7 Å². The van der Waals surface area contributed by atoms with E-state index >= 15 is 0 Å². The van der Waals surface area contributed by atoms with Gasteiger partial charge in [-0.15, -0.1) is 0 Å². The molecule has 1 aromatic carbocycles. The van der Waals surface area contributed by atoms with Gasteiger partial charge in [0.25, 0.3) is 0 Å². The zero-order chi connectivity index (χ0) is 10.8. The summed E-state index contributed by atoms with van der Waals surface area (Å²) in [5, 5.41) is 7.16. The molecule has 15 heavy (non-hydrogen) atoms. The molecule has 0 spiro atoms. The first kappa shape index (κ1) is 9.71. The Hall–Kier alpha value is -1.84. The predicted molar refractivity (Wildman–Crippen MR) is 57.6 cm³/mol. The van der Waals surface area contributed by atoms with Gasteiger partial charge in [-0.2, -0.15) is 5.10 Å². The van der Waals surface area contributed by atoms with Gasteiger partial charge in [0.2, 0.25) is 0 Å². The van der Waals surface area contributed by atoms with E-state index in [0.717, 1.165) is 11.5 Å². The number of para-hydroxylation sites is 1. The van der Waals surface area contributed by atoms with E-state index in [-0.39, 0.29) is 5.82 Å². The number of nitrogens with one attached hydrogen (secondary N) is 1. The van der Waals surface area contributed by atoms with Crippen LogP contribution >= 0.6 is 0 Å². The van der Waals surface area contributed by atoms with E-state index in [2.05, 4.69) is 10.4 Å². The fraction of sp³-hybridized carbons (Fsp3) is 0.182. The minimum atomic E-state index is -0.267. The molecule has 0 aliphatic heterocycles. The number of hydrogen-bond donors (Lipinski definition) is 1. The molecule has 0 saturated carbocycles. The van der Waals surface area contributed by atoms with Gasteiger partial charge in [0, 0.05) is 13.1 Å². The van der Waals surface area contributed by atoms with Gasteiger partial charge < -0.3 is 5.32 Å². The van der Waals surface area contributed by atoms with Crippen molar-refractivity contribution in [3.8, 4) is 0 Å². The van der Waals surface area contributed by atoms with Crippen molar-refractivity contribution in [1.82, 2.24) is 9.78 Å². The minimum Gasteiger partial charge on any atom is -0.338 e. The van der Waals surface area contributed by atoms with Crippen LogP contribution in [0.15, 0.2) is 30.3 Å². The van der Waals surface area contributed by atoms with E-state index in [1.165, 1.54) is 6.07 Å². The summed E-state index contributed by atoms with van der Waals surface area (Å²) in [7, 11) is 1.82. The molecule has 0 atom stereocenters. The maximum atomic E-state index is 13.3. The van der Waals surface area contributed by atoms with Crippen molar-refractivity contribution in [2.45, 2.75) is 6.92 Å². The summed E-state index contributed by atoms with van der Waals surface area (Å²) in [5.41, 5.74) is 1.36. The Morgan fingerprint density at radius 2 is 2.07 bits per heavy atom. The molecule has 1 aromatic heterocycles. The number of benzene rings is 1. The molecule has 2 aromatic rings. The van der Waals surface area contributed by atoms with Crippen molar-refractivity contribution in [2.75, 3.05) is 5.32 Å². The molecule has 1 heterocycles. The molecule has 1 N–H and O–H groups in total. The van der Waals surface area contributed by atoms with Gasteiger partial charge in [-0.3, -0.25) is 4.68 Å². The monoisotopic (exact) mass is 205 g/mol. The third-order valence-electron chi connectivity index (χ3n) is 2.14. The van der Waals surface area contributed by atoms with Crippen molar-refractivity contribution in [1.29, 1.82) is 0 Å². The average molecular weight is 205 g/mol. The highest BCUT2D eigenvalue weighted by Crippen LogP contribution is 2.19. The van der Waals surface area contributed by atoms with E-state index in [9.17, 15) is 4.39 Å². The SMILES string of the molecule is Cc1cc(Nc2ccccc2F)n(C)n1. The minimum absolute atomic E-state index is 0.267. The molecule has 0 aliphatic carbocycles. The molecule has 0 bridgehead atoms. The summed E-state index contributed by atoms with van der Waals surface area (Å²) < 4.78 is 15.0. The molecule has 0 aliphatic rings. The van der Waals surface area contributed by atoms with Crippen LogP contribution in [0.1, 0.15) is 5.69 Å². The number of anilines is 2. The quantitative estimate of drug-likeness (QED) is 0.816. The molecular formula is C11H12FN3. The third-order valence-corrected chi connectivity index (χ3v) is 2.14. The summed E-state index contributed by atoms with van der Waals surface area (Å²) >= 11 is 0. The lowest BCUT2D eigenvalue weighted by Gasteiger charge is -2.06. The lowest BCUT2D eigenvalue weighted by atomic mass is 10.3. The Balaban J connectivity index is 2.29.